The average Bonchev–Trinajstić information content (AvgIpc) is 2.38. The highest BCUT2D eigenvalue weighted by Crippen LogP contribution is 2.12. The van der Waals surface area contributed by atoms with Gasteiger partial charge in [-0.1, -0.05) is 6.92 Å². The Hall–Kier alpha value is -1.56. The highest BCUT2D eigenvalue weighted by molar-refractivity contribution is 7.91. The van der Waals surface area contributed by atoms with Gasteiger partial charge in [0.25, 0.3) is 5.91 Å². The maximum absolute atomic E-state index is 11.7. The molecule has 0 fully saturated rings. The highest BCUT2D eigenvalue weighted by Gasteiger charge is 2.14. The molecule has 6 heteroatoms. The van der Waals surface area contributed by atoms with Gasteiger partial charge in [0.05, 0.1) is 5.75 Å². The van der Waals surface area contributed by atoms with Gasteiger partial charge < -0.3 is 10.2 Å². The first-order valence-corrected chi connectivity index (χ1v) is 8.36. The van der Waals surface area contributed by atoms with Gasteiger partial charge in [-0.2, -0.15) is 0 Å². The number of amides is 1. The SMILES string of the molecule is CCS(=O)(=O)CC(C)Nc1ccc(C(=O)N(C)C)cc1. The molecule has 1 atom stereocenters. The van der Waals surface area contributed by atoms with Crippen molar-refractivity contribution in [3.63, 3.8) is 0 Å². The number of anilines is 1. The van der Waals surface area contributed by atoms with Crippen LogP contribution in [0.1, 0.15) is 24.2 Å². The third kappa shape index (κ3) is 4.85. The first-order valence-electron chi connectivity index (χ1n) is 6.54. The lowest BCUT2D eigenvalue weighted by atomic mass is 10.2. The minimum absolute atomic E-state index is 0.0573. The Kier molecular flexibility index (Phi) is 5.56. The Balaban J connectivity index is 2.68. The number of benzene rings is 1. The molecule has 0 aliphatic rings. The van der Waals surface area contributed by atoms with Gasteiger partial charge >= 0.3 is 0 Å². The monoisotopic (exact) mass is 298 g/mol. The van der Waals surface area contributed by atoms with Crippen LogP contribution in [-0.2, 0) is 9.84 Å². The molecule has 0 radical (unpaired) electrons. The zero-order chi connectivity index (χ0) is 15.3. The van der Waals surface area contributed by atoms with Crippen LogP contribution in [0, 0.1) is 0 Å². The van der Waals surface area contributed by atoms with Crippen molar-refractivity contribution < 1.29 is 13.2 Å². The molecule has 0 heterocycles. The first kappa shape index (κ1) is 16.5. The molecular formula is C14H22N2O3S. The fourth-order valence-corrected chi connectivity index (χ4v) is 2.87. The minimum atomic E-state index is -2.99. The van der Waals surface area contributed by atoms with Crippen LogP contribution in [-0.4, -0.2) is 50.9 Å². The summed E-state index contributed by atoms with van der Waals surface area (Å²) in [5, 5.41) is 3.12. The van der Waals surface area contributed by atoms with Crippen molar-refractivity contribution in [2.24, 2.45) is 0 Å². The summed E-state index contributed by atoms with van der Waals surface area (Å²) in [5.41, 5.74) is 1.41. The number of hydrogen-bond donors (Lipinski definition) is 1. The number of nitrogens with zero attached hydrogens (tertiary/aromatic N) is 1. The molecule has 0 aliphatic heterocycles. The molecule has 0 aromatic heterocycles. The largest absolute Gasteiger partial charge is 0.382 e. The number of nitrogens with one attached hydrogen (secondary N) is 1. The second kappa shape index (κ2) is 6.74. The van der Waals surface area contributed by atoms with E-state index in [-0.39, 0.29) is 23.5 Å². The van der Waals surface area contributed by atoms with Crippen molar-refractivity contribution in [3.05, 3.63) is 29.8 Å². The van der Waals surface area contributed by atoms with Gasteiger partial charge in [-0.15, -0.1) is 0 Å². The Morgan fingerprint density at radius 1 is 1.25 bits per heavy atom. The van der Waals surface area contributed by atoms with Crippen molar-refractivity contribution in [1.29, 1.82) is 0 Å². The highest BCUT2D eigenvalue weighted by atomic mass is 32.2. The molecule has 5 nitrogen and oxygen atoms in total. The van der Waals surface area contributed by atoms with Crippen molar-refractivity contribution in [2.45, 2.75) is 19.9 Å². The second-order valence-corrected chi connectivity index (χ2v) is 7.42. The molecule has 1 aromatic rings. The quantitative estimate of drug-likeness (QED) is 0.866. The predicted molar refractivity (Wildman–Crippen MR) is 81.9 cm³/mol. The third-order valence-electron chi connectivity index (χ3n) is 2.89. The van der Waals surface area contributed by atoms with E-state index in [1.807, 2.05) is 6.92 Å². The molecule has 0 aliphatic carbocycles. The lowest BCUT2D eigenvalue weighted by Crippen LogP contribution is -2.26. The summed E-state index contributed by atoms with van der Waals surface area (Å²) in [7, 11) is 0.406. The zero-order valence-corrected chi connectivity index (χ0v) is 13.2. The van der Waals surface area contributed by atoms with Crippen LogP contribution in [0.3, 0.4) is 0 Å². The second-order valence-electron chi connectivity index (χ2n) is 5.02. The molecular weight excluding hydrogens is 276 g/mol. The fraction of sp³-hybridized carbons (Fsp3) is 0.500. The Bertz CT molecular complexity index is 550. The van der Waals surface area contributed by atoms with Gasteiger partial charge in [0.2, 0.25) is 0 Å². The topological polar surface area (TPSA) is 66.5 Å². The lowest BCUT2D eigenvalue weighted by molar-refractivity contribution is 0.0827. The van der Waals surface area contributed by atoms with Gasteiger partial charge in [0.1, 0.15) is 0 Å². The zero-order valence-electron chi connectivity index (χ0n) is 12.4. The molecule has 1 unspecified atom stereocenters. The van der Waals surface area contributed by atoms with E-state index in [1.165, 1.54) is 4.90 Å². The predicted octanol–water partition coefficient (Wildman–Crippen LogP) is 1.62. The molecule has 1 aromatic carbocycles. The van der Waals surface area contributed by atoms with Crippen LogP contribution < -0.4 is 5.32 Å². The van der Waals surface area contributed by atoms with Crippen LogP contribution in [0.15, 0.2) is 24.3 Å². The molecule has 0 bridgehead atoms. The van der Waals surface area contributed by atoms with Crippen molar-refractivity contribution >= 4 is 21.4 Å². The van der Waals surface area contributed by atoms with E-state index in [9.17, 15) is 13.2 Å². The van der Waals surface area contributed by atoms with Crippen LogP contribution in [0.5, 0.6) is 0 Å². The fourth-order valence-electron chi connectivity index (χ4n) is 1.79. The third-order valence-corrected chi connectivity index (χ3v) is 4.78. The molecule has 0 saturated carbocycles. The Labute approximate surface area is 120 Å². The number of sulfone groups is 1. The molecule has 0 saturated heterocycles. The molecule has 20 heavy (non-hydrogen) atoms. The molecule has 1 N–H and O–H groups in total. The summed E-state index contributed by atoms with van der Waals surface area (Å²) in [6, 6.07) is 6.85. The summed E-state index contributed by atoms with van der Waals surface area (Å²) in [6.07, 6.45) is 0. The van der Waals surface area contributed by atoms with Crippen molar-refractivity contribution in [1.82, 2.24) is 4.90 Å². The van der Waals surface area contributed by atoms with E-state index in [4.69, 9.17) is 0 Å². The van der Waals surface area contributed by atoms with Gasteiger partial charge in [-0.25, -0.2) is 8.42 Å². The Morgan fingerprint density at radius 2 is 1.80 bits per heavy atom. The summed E-state index contributed by atoms with van der Waals surface area (Å²) in [5.74, 6) is 0.190. The number of carbonyl (C=O) groups excluding carboxylic acids is 1. The molecule has 1 rings (SSSR count). The Morgan fingerprint density at radius 3 is 2.25 bits per heavy atom. The molecule has 112 valence electrons. The van der Waals surface area contributed by atoms with E-state index >= 15 is 0 Å². The van der Waals surface area contributed by atoms with Crippen LogP contribution in [0.4, 0.5) is 5.69 Å². The van der Waals surface area contributed by atoms with Crippen LogP contribution >= 0.6 is 0 Å². The maximum atomic E-state index is 11.7. The average molecular weight is 298 g/mol. The molecule has 1 amide bonds. The van der Waals surface area contributed by atoms with Crippen molar-refractivity contribution in [3.8, 4) is 0 Å². The summed E-state index contributed by atoms with van der Waals surface area (Å²) < 4.78 is 23.1. The van der Waals surface area contributed by atoms with Gasteiger partial charge in [-0.05, 0) is 31.2 Å². The van der Waals surface area contributed by atoms with Gasteiger partial charge in [0.15, 0.2) is 9.84 Å². The van der Waals surface area contributed by atoms with Gasteiger partial charge in [-0.3, -0.25) is 4.79 Å². The van der Waals surface area contributed by atoms with Crippen molar-refractivity contribution in [2.75, 3.05) is 30.9 Å². The minimum Gasteiger partial charge on any atom is -0.382 e. The molecule has 0 spiro atoms. The van der Waals surface area contributed by atoms with Crippen LogP contribution in [0.2, 0.25) is 0 Å². The normalized spacial score (nSPS) is 12.8. The maximum Gasteiger partial charge on any atom is 0.253 e. The number of rotatable bonds is 6. The lowest BCUT2D eigenvalue weighted by Gasteiger charge is -2.16. The van der Waals surface area contributed by atoms with E-state index in [0.29, 0.717) is 5.56 Å². The van der Waals surface area contributed by atoms with E-state index in [1.54, 1.807) is 45.3 Å². The number of carbonyl (C=O) groups is 1. The summed E-state index contributed by atoms with van der Waals surface area (Å²) in [6.45, 7) is 3.47. The van der Waals surface area contributed by atoms with E-state index < -0.39 is 9.84 Å². The summed E-state index contributed by atoms with van der Waals surface area (Å²) >= 11 is 0. The standard InChI is InChI=1S/C14H22N2O3S/c1-5-20(18,19)10-11(2)15-13-8-6-12(7-9-13)14(17)16(3)4/h6-9,11,15H,5,10H2,1-4H3. The van der Waals surface area contributed by atoms with Crippen LogP contribution in [0.25, 0.3) is 0 Å². The van der Waals surface area contributed by atoms with E-state index in [2.05, 4.69) is 5.32 Å². The smallest absolute Gasteiger partial charge is 0.253 e. The number of hydrogen-bond acceptors (Lipinski definition) is 4. The first-order chi connectivity index (χ1) is 9.25. The summed E-state index contributed by atoms with van der Waals surface area (Å²) in [4.78, 5) is 13.2. The van der Waals surface area contributed by atoms with E-state index in [0.717, 1.165) is 5.69 Å². The van der Waals surface area contributed by atoms with Gasteiger partial charge in [0, 0.05) is 37.1 Å².